The van der Waals surface area contributed by atoms with Crippen molar-refractivity contribution in [2.24, 2.45) is 11.7 Å². The lowest BCUT2D eigenvalue weighted by atomic mass is 9.82. The number of halogens is 5. The number of ether oxygens (including phenoxy) is 1. The van der Waals surface area contributed by atoms with Crippen molar-refractivity contribution in [3.8, 4) is 0 Å². The van der Waals surface area contributed by atoms with E-state index in [2.05, 4.69) is 17.8 Å². The number of alkyl halides is 5. The largest absolute Gasteiger partial charge is 0.389 e. The van der Waals surface area contributed by atoms with Crippen molar-refractivity contribution in [3.63, 3.8) is 0 Å². The minimum atomic E-state index is -4.40. The Balaban J connectivity index is 1.81. The number of nitrogens with zero attached hydrogens (tertiary/aromatic N) is 2. The molecular weight excluding hydrogens is 515 g/mol. The van der Waals surface area contributed by atoms with Gasteiger partial charge in [-0.1, -0.05) is 6.07 Å². The van der Waals surface area contributed by atoms with Gasteiger partial charge in [-0.25, -0.2) is 13.8 Å². The van der Waals surface area contributed by atoms with Crippen LogP contribution >= 0.6 is 0 Å². The Bertz CT molecular complexity index is 1050. The Morgan fingerprint density at radius 2 is 1.97 bits per heavy atom. The summed E-state index contributed by atoms with van der Waals surface area (Å²) >= 11 is 0. The first-order chi connectivity index (χ1) is 17.3. The Kier molecular flexibility index (Phi) is 9.85. The van der Waals surface area contributed by atoms with E-state index < -0.39 is 42.9 Å². The molecule has 37 heavy (non-hydrogen) atoms. The molecular formula is C25H36F5N4O2S+. The number of carbonyl (C=O) groups excluding carboxylic acids is 1. The average Bonchev–Trinajstić information content (AvgIpc) is 3.17. The predicted molar refractivity (Wildman–Crippen MR) is 135 cm³/mol. The normalized spacial score (nSPS) is 18.3. The second-order valence-electron chi connectivity index (χ2n) is 10.00. The van der Waals surface area contributed by atoms with Gasteiger partial charge in [0, 0.05) is 19.3 Å². The molecule has 0 bridgehead atoms. The molecule has 1 fully saturated rings. The molecule has 0 aliphatic heterocycles. The van der Waals surface area contributed by atoms with Crippen LogP contribution in [0, 0.1) is 5.92 Å². The molecule has 0 saturated heterocycles. The number of benzene rings is 1. The predicted octanol–water partition coefficient (Wildman–Crippen LogP) is 5.23. The first kappa shape index (κ1) is 29.6. The van der Waals surface area contributed by atoms with Crippen LogP contribution in [-0.4, -0.2) is 52.4 Å². The summed E-state index contributed by atoms with van der Waals surface area (Å²) in [6.07, 6.45) is -1.76. The van der Waals surface area contributed by atoms with Crippen LogP contribution in [0.3, 0.4) is 0 Å². The minimum absolute atomic E-state index is 0.140. The van der Waals surface area contributed by atoms with Gasteiger partial charge >= 0.3 is 6.18 Å². The second kappa shape index (κ2) is 12.3. The molecule has 0 spiro atoms. The number of rotatable bonds is 11. The molecule has 3 N–H and O–H groups in total. The number of hydrogen-bond acceptors (Lipinski definition) is 4. The number of nitrogens with two attached hydrogens (primary N) is 1. The average molecular weight is 552 g/mol. The molecule has 12 heteroatoms. The van der Waals surface area contributed by atoms with Crippen LogP contribution in [0.5, 0.6) is 0 Å². The fourth-order valence-electron chi connectivity index (χ4n) is 4.49. The van der Waals surface area contributed by atoms with Crippen LogP contribution in [0.15, 0.2) is 18.2 Å². The standard InChI is InChI=1S/C25H35F5N4O2S/c1-16(32-21(35)8-11-25(28,29)30)18-4-5-20-19(14-18)33-23(34(20)15-36-12-13-37(2)3)22(31)17-6-9-24(26,27)10-7-17/h4-5,14,16-17,22H,6-13,15,31H2,1-3H3/p+1/t16-,22+/m1/s1. The summed E-state index contributed by atoms with van der Waals surface area (Å²) in [5.41, 5.74) is 8.59. The van der Waals surface area contributed by atoms with E-state index in [1.165, 1.54) is 0 Å². The highest BCUT2D eigenvalue weighted by atomic mass is 32.2. The SMILES string of the molecule is C[C@@H](NC(=O)CCC(F)(F)F)c1ccc2c(c1)nc([C@@H](N)C1CCC(F)(F)CC1)n2COCC[S+](C)C. The molecule has 1 aromatic carbocycles. The van der Waals surface area contributed by atoms with Crippen LogP contribution in [0.2, 0.25) is 0 Å². The van der Waals surface area contributed by atoms with Gasteiger partial charge in [-0.15, -0.1) is 0 Å². The maximum atomic E-state index is 13.7. The number of amides is 1. The summed E-state index contributed by atoms with van der Waals surface area (Å²) in [4.78, 5) is 16.7. The lowest BCUT2D eigenvalue weighted by Gasteiger charge is -2.31. The number of hydrogen-bond donors (Lipinski definition) is 2. The van der Waals surface area contributed by atoms with Crippen LogP contribution in [0.4, 0.5) is 22.0 Å². The zero-order valence-electron chi connectivity index (χ0n) is 21.4. The van der Waals surface area contributed by atoms with Crippen molar-refractivity contribution in [1.29, 1.82) is 0 Å². The van der Waals surface area contributed by atoms with Gasteiger partial charge in [0.2, 0.25) is 11.8 Å². The molecule has 1 aromatic heterocycles. The van der Waals surface area contributed by atoms with E-state index in [0.29, 0.717) is 36.4 Å². The van der Waals surface area contributed by atoms with Crippen molar-refractivity contribution < 1.29 is 31.5 Å². The maximum Gasteiger partial charge on any atom is 0.389 e. The van der Waals surface area contributed by atoms with Crippen LogP contribution < -0.4 is 11.1 Å². The number of aromatic nitrogens is 2. The molecule has 6 nitrogen and oxygen atoms in total. The second-order valence-corrected chi connectivity index (χ2v) is 12.4. The topological polar surface area (TPSA) is 82.2 Å². The van der Waals surface area contributed by atoms with Crippen molar-refractivity contribution in [2.75, 3.05) is 24.9 Å². The van der Waals surface area contributed by atoms with E-state index in [4.69, 9.17) is 15.5 Å². The van der Waals surface area contributed by atoms with E-state index in [-0.39, 0.29) is 36.4 Å². The zero-order valence-corrected chi connectivity index (χ0v) is 22.2. The van der Waals surface area contributed by atoms with Crippen LogP contribution in [0.25, 0.3) is 11.0 Å². The summed E-state index contributed by atoms with van der Waals surface area (Å²) in [5.74, 6) is -2.03. The van der Waals surface area contributed by atoms with Crippen molar-refractivity contribution in [2.45, 2.75) is 76.4 Å². The van der Waals surface area contributed by atoms with Gasteiger partial charge in [0.1, 0.15) is 18.3 Å². The molecule has 3 rings (SSSR count). The van der Waals surface area contributed by atoms with Gasteiger partial charge in [-0.2, -0.15) is 13.2 Å². The third kappa shape index (κ3) is 8.54. The fraction of sp³-hybridized carbons (Fsp3) is 0.680. The molecule has 2 aromatic rings. The summed E-state index contributed by atoms with van der Waals surface area (Å²) in [7, 11) is 0.221. The molecule has 1 aliphatic rings. The monoisotopic (exact) mass is 551 g/mol. The molecule has 1 amide bonds. The fourth-order valence-corrected chi connectivity index (χ4v) is 4.94. The molecule has 1 heterocycles. The zero-order chi connectivity index (χ0) is 27.4. The van der Waals surface area contributed by atoms with Gasteiger partial charge in [0.25, 0.3) is 0 Å². The summed E-state index contributed by atoms with van der Waals surface area (Å²) in [5, 5.41) is 2.60. The minimum Gasteiger partial charge on any atom is -0.356 e. The Morgan fingerprint density at radius 1 is 1.30 bits per heavy atom. The van der Waals surface area contributed by atoms with Gasteiger partial charge in [-0.05, 0) is 54.3 Å². The third-order valence-corrected chi connectivity index (χ3v) is 7.72. The third-order valence-electron chi connectivity index (χ3n) is 6.74. The van der Waals surface area contributed by atoms with Gasteiger partial charge in [0.15, 0.2) is 0 Å². The van der Waals surface area contributed by atoms with E-state index >= 15 is 0 Å². The highest BCUT2D eigenvalue weighted by Gasteiger charge is 2.38. The summed E-state index contributed by atoms with van der Waals surface area (Å²) in [6.45, 7) is 2.45. The van der Waals surface area contributed by atoms with Crippen molar-refractivity contribution >= 4 is 27.8 Å². The molecule has 0 unspecified atom stereocenters. The van der Waals surface area contributed by atoms with E-state index in [1.807, 2.05) is 10.6 Å². The highest BCUT2D eigenvalue weighted by molar-refractivity contribution is 7.95. The van der Waals surface area contributed by atoms with E-state index in [9.17, 15) is 26.7 Å². The molecule has 208 valence electrons. The first-order valence-electron chi connectivity index (χ1n) is 12.4. The van der Waals surface area contributed by atoms with Crippen molar-refractivity contribution in [1.82, 2.24) is 14.9 Å². The number of carbonyl (C=O) groups is 1. The Morgan fingerprint density at radius 3 is 2.59 bits per heavy atom. The number of nitrogens with one attached hydrogen (secondary N) is 1. The number of fused-ring (bicyclic) bond motifs is 1. The number of imidazole rings is 1. The molecule has 2 atom stereocenters. The first-order valence-corrected chi connectivity index (χ1v) is 14.6. The van der Waals surface area contributed by atoms with Gasteiger partial charge in [0.05, 0.1) is 48.7 Å². The summed E-state index contributed by atoms with van der Waals surface area (Å²) in [6, 6.07) is 4.27. The Hall–Kier alpha value is -1.92. The van der Waals surface area contributed by atoms with Gasteiger partial charge in [-0.3, -0.25) is 4.79 Å². The molecule has 1 saturated carbocycles. The smallest absolute Gasteiger partial charge is 0.356 e. The summed E-state index contributed by atoms with van der Waals surface area (Å²) < 4.78 is 72.5. The molecule has 1 aliphatic carbocycles. The highest BCUT2D eigenvalue weighted by Crippen LogP contribution is 2.41. The quantitative estimate of drug-likeness (QED) is 0.228. The molecule has 0 radical (unpaired) electrons. The maximum absolute atomic E-state index is 13.7. The van der Waals surface area contributed by atoms with Crippen LogP contribution in [-0.2, 0) is 27.2 Å². The van der Waals surface area contributed by atoms with E-state index in [1.54, 1.807) is 19.1 Å². The van der Waals surface area contributed by atoms with Gasteiger partial charge < -0.3 is 20.4 Å². The lowest BCUT2D eigenvalue weighted by molar-refractivity contribution is -0.144. The lowest BCUT2D eigenvalue weighted by Crippen LogP contribution is -2.32. The van der Waals surface area contributed by atoms with E-state index in [0.717, 1.165) is 11.3 Å². The van der Waals surface area contributed by atoms with Crippen molar-refractivity contribution in [3.05, 3.63) is 29.6 Å². The Labute approximate surface area is 216 Å². The van der Waals surface area contributed by atoms with Crippen LogP contribution in [0.1, 0.15) is 68.9 Å².